The van der Waals surface area contributed by atoms with Gasteiger partial charge in [0.1, 0.15) is 0 Å². The minimum Gasteiger partial charge on any atom is -0.193 e. The Bertz CT molecular complexity index is 352. The number of nitrogens with zero attached hydrogens (tertiary/aromatic N) is 1. The van der Waals surface area contributed by atoms with Gasteiger partial charge in [-0.15, -0.1) is 0 Å². The Morgan fingerprint density at radius 2 is 2.00 bits per heavy atom. The first kappa shape index (κ1) is 9.28. The van der Waals surface area contributed by atoms with Crippen molar-refractivity contribution in [2.75, 3.05) is 0 Å². The van der Waals surface area contributed by atoms with Gasteiger partial charge in [-0.3, -0.25) is 0 Å². The summed E-state index contributed by atoms with van der Waals surface area (Å²) in [6.07, 6.45) is 5.32. The van der Waals surface area contributed by atoms with Crippen molar-refractivity contribution in [2.24, 2.45) is 0 Å². The lowest BCUT2D eigenvalue weighted by molar-refractivity contribution is 1.51. The van der Waals surface area contributed by atoms with Gasteiger partial charge in [0, 0.05) is 6.08 Å². The number of hydrogen-bond donors (Lipinski definition) is 0. The minimum atomic E-state index is 1.08. The smallest absolute Gasteiger partial charge is 0.0912 e. The van der Waals surface area contributed by atoms with E-state index >= 15 is 0 Å². The second-order valence-electron chi connectivity index (χ2n) is 2.76. The van der Waals surface area contributed by atoms with Crippen molar-refractivity contribution in [3.05, 3.63) is 53.6 Å². The standard InChI is InChI=1S/C12H11N/c1-11(6-5-9-13)10-12-7-3-2-4-8-12/h2-8,10H,1H3/b6-5?,11-10+. The van der Waals surface area contributed by atoms with Gasteiger partial charge in [0.25, 0.3) is 0 Å². The molecule has 1 rings (SSSR count). The molecule has 1 heteroatoms. The molecular weight excluding hydrogens is 158 g/mol. The fourth-order valence-corrected chi connectivity index (χ4v) is 1.03. The number of hydrogen-bond acceptors (Lipinski definition) is 1. The fourth-order valence-electron chi connectivity index (χ4n) is 1.03. The van der Waals surface area contributed by atoms with Gasteiger partial charge in [-0.25, -0.2) is 0 Å². The summed E-state index contributed by atoms with van der Waals surface area (Å²) in [4.78, 5) is 0. The van der Waals surface area contributed by atoms with Gasteiger partial charge in [0.05, 0.1) is 6.07 Å². The third-order valence-corrected chi connectivity index (χ3v) is 1.61. The average Bonchev–Trinajstić information content (AvgIpc) is 2.16. The molecule has 1 aromatic carbocycles. The van der Waals surface area contributed by atoms with Crippen LogP contribution in [0.1, 0.15) is 12.5 Å². The minimum absolute atomic E-state index is 1.08. The maximum Gasteiger partial charge on any atom is 0.0912 e. The van der Waals surface area contributed by atoms with E-state index in [-0.39, 0.29) is 0 Å². The van der Waals surface area contributed by atoms with Crippen molar-refractivity contribution >= 4 is 6.08 Å². The Kier molecular flexibility index (Phi) is 3.53. The van der Waals surface area contributed by atoms with Crippen LogP contribution >= 0.6 is 0 Å². The zero-order valence-corrected chi connectivity index (χ0v) is 7.57. The van der Waals surface area contributed by atoms with Crippen molar-refractivity contribution in [1.82, 2.24) is 0 Å². The van der Waals surface area contributed by atoms with Crippen molar-refractivity contribution in [2.45, 2.75) is 6.92 Å². The molecule has 0 aliphatic heterocycles. The van der Waals surface area contributed by atoms with Crippen LogP contribution in [0.4, 0.5) is 0 Å². The maximum atomic E-state index is 8.32. The van der Waals surface area contributed by atoms with Gasteiger partial charge in [-0.1, -0.05) is 36.4 Å². The van der Waals surface area contributed by atoms with E-state index in [1.807, 2.05) is 49.4 Å². The van der Waals surface area contributed by atoms with Gasteiger partial charge in [-0.05, 0) is 24.1 Å². The van der Waals surface area contributed by atoms with E-state index in [2.05, 4.69) is 0 Å². The van der Waals surface area contributed by atoms with Crippen molar-refractivity contribution in [3.8, 4) is 6.07 Å². The zero-order valence-electron chi connectivity index (χ0n) is 7.57. The quantitative estimate of drug-likeness (QED) is 0.492. The molecule has 0 aromatic heterocycles. The lowest BCUT2D eigenvalue weighted by atomic mass is 10.1. The highest BCUT2D eigenvalue weighted by molar-refractivity contribution is 5.55. The topological polar surface area (TPSA) is 23.8 Å². The highest BCUT2D eigenvalue weighted by Crippen LogP contribution is 2.06. The lowest BCUT2D eigenvalue weighted by Gasteiger charge is -1.93. The summed E-state index contributed by atoms with van der Waals surface area (Å²) in [5.74, 6) is 0. The molecule has 13 heavy (non-hydrogen) atoms. The van der Waals surface area contributed by atoms with E-state index in [4.69, 9.17) is 5.26 Å². The number of benzene rings is 1. The molecule has 0 saturated heterocycles. The SMILES string of the molecule is C/C(C=CC#N)=C\c1ccccc1. The van der Waals surface area contributed by atoms with Crippen LogP contribution in [-0.4, -0.2) is 0 Å². The predicted molar refractivity (Wildman–Crippen MR) is 54.8 cm³/mol. The highest BCUT2D eigenvalue weighted by atomic mass is 14.2. The van der Waals surface area contributed by atoms with E-state index in [0.29, 0.717) is 0 Å². The maximum absolute atomic E-state index is 8.32. The summed E-state index contributed by atoms with van der Waals surface area (Å²) >= 11 is 0. The Labute approximate surface area is 78.6 Å². The second-order valence-corrected chi connectivity index (χ2v) is 2.76. The summed E-state index contributed by atoms with van der Waals surface area (Å²) in [5.41, 5.74) is 2.23. The summed E-state index contributed by atoms with van der Waals surface area (Å²) in [6.45, 7) is 1.97. The molecule has 0 unspecified atom stereocenters. The van der Waals surface area contributed by atoms with Crippen molar-refractivity contribution in [3.63, 3.8) is 0 Å². The molecule has 0 saturated carbocycles. The molecule has 0 heterocycles. The van der Waals surface area contributed by atoms with Crippen LogP contribution in [0.15, 0.2) is 48.1 Å². The summed E-state index contributed by atoms with van der Waals surface area (Å²) in [7, 11) is 0. The molecule has 0 aliphatic rings. The van der Waals surface area contributed by atoms with Crippen LogP contribution in [0.2, 0.25) is 0 Å². The van der Waals surface area contributed by atoms with E-state index in [9.17, 15) is 0 Å². The van der Waals surface area contributed by atoms with Gasteiger partial charge in [0.15, 0.2) is 0 Å². The zero-order chi connectivity index (χ0) is 9.52. The molecule has 64 valence electrons. The van der Waals surface area contributed by atoms with Crippen molar-refractivity contribution in [1.29, 1.82) is 5.26 Å². The van der Waals surface area contributed by atoms with Crippen LogP contribution < -0.4 is 0 Å². The number of rotatable bonds is 2. The molecule has 0 fully saturated rings. The van der Waals surface area contributed by atoms with Crippen LogP contribution in [0.25, 0.3) is 6.08 Å². The molecule has 0 N–H and O–H groups in total. The predicted octanol–water partition coefficient (Wildman–Crippen LogP) is 3.17. The average molecular weight is 169 g/mol. The molecule has 1 aromatic rings. The summed E-state index contributed by atoms with van der Waals surface area (Å²) in [5, 5.41) is 8.32. The van der Waals surface area contributed by atoms with E-state index < -0.39 is 0 Å². The van der Waals surface area contributed by atoms with Crippen LogP contribution in [0.3, 0.4) is 0 Å². The fraction of sp³-hybridized carbons (Fsp3) is 0.0833. The van der Waals surface area contributed by atoms with Gasteiger partial charge >= 0.3 is 0 Å². The first-order valence-electron chi connectivity index (χ1n) is 4.12. The highest BCUT2D eigenvalue weighted by Gasteiger charge is 1.85. The molecule has 0 amide bonds. The normalized spacial score (nSPS) is 11.5. The largest absolute Gasteiger partial charge is 0.193 e. The van der Waals surface area contributed by atoms with E-state index in [1.165, 1.54) is 6.08 Å². The van der Waals surface area contributed by atoms with Gasteiger partial charge < -0.3 is 0 Å². The van der Waals surface area contributed by atoms with E-state index in [0.717, 1.165) is 11.1 Å². The molecule has 1 nitrogen and oxygen atoms in total. The molecule has 0 bridgehead atoms. The monoisotopic (exact) mass is 169 g/mol. The molecule has 0 spiro atoms. The molecule has 0 atom stereocenters. The third-order valence-electron chi connectivity index (χ3n) is 1.61. The number of nitriles is 1. The molecular formula is C12H11N. The first-order valence-corrected chi connectivity index (χ1v) is 4.12. The van der Waals surface area contributed by atoms with Crippen LogP contribution in [-0.2, 0) is 0 Å². The number of allylic oxidation sites excluding steroid dienone is 3. The third kappa shape index (κ3) is 3.39. The van der Waals surface area contributed by atoms with E-state index in [1.54, 1.807) is 6.08 Å². The summed E-state index contributed by atoms with van der Waals surface area (Å²) in [6, 6.07) is 12.0. The van der Waals surface area contributed by atoms with Crippen molar-refractivity contribution < 1.29 is 0 Å². The second kappa shape index (κ2) is 4.95. The Hall–Kier alpha value is -1.81. The van der Waals surface area contributed by atoms with Crippen LogP contribution in [0, 0.1) is 11.3 Å². The lowest BCUT2D eigenvalue weighted by Crippen LogP contribution is -1.71. The summed E-state index contributed by atoms with van der Waals surface area (Å²) < 4.78 is 0. The Morgan fingerprint density at radius 1 is 1.31 bits per heavy atom. The Morgan fingerprint density at radius 3 is 2.62 bits per heavy atom. The molecule has 0 aliphatic carbocycles. The Balaban J connectivity index is 2.78. The molecule has 0 radical (unpaired) electrons. The van der Waals surface area contributed by atoms with Crippen LogP contribution in [0.5, 0.6) is 0 Å². The van der Waals surface area contributed by atoms with Gasteiger partial charge in [0.2, 0.25) is 0 Å². The van der Waals surface area contributed by atoms with Gasteiger partial charge in [-0.2, -0.15) is 5.26 Å². The first-order chi connectivity index (χ1) is 6.33.